The van der Waals surface area contributed by atoms with Crippen molar-refractivity contribution in [1.29, 1.82) is 0 Å². The summed E-state index contributed by atoms with van der Waals surface area (Å²) in [7, 11) is 0. The highest BCUT2D eigenvalue weighted by atomic mass is 16.3. The highest BCUT2D eigenvalue weighted by Crippen LogP contribution is 2.39. The first-order chi connectivity index (χ1) is 25.3. The number of aromatic nitrogens is 1. The molecule has 0 aliphatic heterocycles. The van der Waals surface area contributed by atoms with Gasteiger partial charge in [0.25, 0.3) is 0 Å². The predicted molar refractivity (Wildman–Crippen MR) is 214 cm³/mol. The van der Waals surface area contributed by atoms with Crippen LogP contribution in [0.25, 0.3) is 66.1 Å². The lowest BCUT2D eigenvalue weighted by Gasteiger charge is -2.33. The lowest BCUT2D eigenvalue weighted by Crippen LogP contribution is -2.30. The van der Waals surface area contributed by atoms with Gasteiger partial charge in [-0.25, -0.2) is 0 Å². The van der Waals surface area contributed by atoms with E-state index < -0.39 is 0 Å². The van der Waals surface area contributed by atoms with E-state index in [4.69, 9.17) is 4.42 Å². The number of para-hydroxylation sites is 3. The molecule has 10 rings (SSSR count). The number of furan rings is 1. The molecule has 51 heavy (non-hydrogen) atoms. The number of hydrogen-bond donors (Lipinski definition) is 0. The lowest BCUT2D eigenvalue weighted by molar-refractivity contribution is 0.669. The number of fused-ring (bicyclic) bond motifs is 6. The molecule has 2 heterocycles. The van der Waals surface area contributed by atoms with Gasteiger partial charge in [-0.15, -0.1) is 0 Å². The minimum absolute atomic E-state index is 0.142. The molecule has 0 spiro atoms. The summed E-state index contributed by atoms with van der Waals surface area (Å²) in [5.41, 5.74) is 12.6. The summed E-state index contributed by atoms with van der Waals surface area (Å²) in [5.74, 6) is 0. The second-order valence-electron chi connectivity index (χ2n) is 13.3. The van der Waals surface area contributed by atoms with Crippen LogP contribution < -0.4 is 4.90 Å². The molecule has 1 aliphatic rings. The third kappa shape index (κ3) is 5.05. The second kappa shape index (κ2) is 12.1. The van der Waals surface area contributed by atoms with E-state index in [2.05, 4.69) is 185 Å². The van der Waals surface area contributed by atoms with Crippen molar-refractivity contribution in [1.82, 2.24) is 4.57 Å². The van der Waals surface area contributed by atoms with Crippen LogP contribution in [0.1, 0.15) is 12.0 Å². The minimum atomic E-state index is 0.142. The zero-order chi connectivity index (χ0) is 33.7. The Hall–Kier alpha value is -6.58. The van der Waals surface area contributed by atoms with E-state index in [9.17, 15) is 0 Å². The largest absolute Gasteiger partial charge is 0.456 e. The van der Waals surface area contributed by atoms with Crippen LogP contribution in [0.4, 0.5) is 11.4 Å². The van der Waals surface area contributed by atoms with E-state index in [1.54, 1.807) is 0 Å². The maximum Gasteiger partial charge on any atom is 0.135 e. The number of nitrogens with zero attached hydrogens (tertiary/aromatic N) is 2. The zero-order valence-corrected chi connectivity index (χ0v) is 28.0. The van der Waals surface area contributed by atoms with Crippen LogP contribution in [0.2, 0.25) is 0 Å². The Balaban J connectivity index is 0.988. The summed E-state index contributed by atoms with van der Waals surface area (Å²) in [4.78, 5) is 2.46. The van der Waals surface area contributed by atoms with E-state index in [-0.39, 0.29) is 6.04 Å². The Kier molecular flexibility index (Phi) is 6.95. The summed E-state index contributed by atoms with van der Waals surface area (Å²) in [5, 5.41) is 4.83. The molecule has 0 amide bonds. The van der Waals surface area contributed by atoms with Crippen molar-refractivity contribution in [2.75, 3.05) is 4.90 Å². The molecule has 3 nitrogen and oxygen atoms in total. The smallest absolute Gasteiger partial charge is 0.135 e. The molecule has 9 aromatic rings. The maximum atomic E-state index is 6.20. The quantitative estimate of drug-likeness (QED) is 0.178. The fourth-order valence-electron chi connectivity index (χ4n) is 7.86. The molecule has 1 unspecified atom stereocenters. The van der Waals surface area contributed by atoms with E-state index >= 15 is 0 Å². The number of allylic oxidation sites excluding steroid dienone is 2. The monoisotopic (exact) mass is 654 g/mol. The van der Waals surface area contributed by atoms with Crippen LogP contribution >= 0.6 is 0 Å². The molecule has 7 aromatic carbocycles. The molecule has 242 valence electrons. The van der Waals surface area contributed by atoms with Gasteiger partial charge in [-0.2, -0.15) is 0 Å². The van der Waals surface area contributed by atoms with Crippen molar-refractivity contribution in [2.24, 2.45) is 0 Å². The normalized spacial score (nSPS) is 14.4. The van der Waals surface area contributed by atoms with Crippen molar-refractivity contribution in [3.63, 3.8) is 0 Å². The molecule has 0 N–H and O–H groups in total. The van der Waals surface area contributed by atoms with Crippen LogP contribution in [0.3, 0.4) is 0 Å². The summed E-state index contributed by atoms with van der Waals surface area (Å²) in [6.07, 6.45) is 7.92. The average molecular weight is 655 g/mol. The molecule has 0 fully saturated rings. The Bertz CT molecular complexity index is 2710. The number of hydrogen-bond acceptors (Lipinski definition) is 2. The number of benzene rings is 7. The van der Waals surface area contributed by atoms with Gasteiger partial charge in [0, 0.05) is 38.6 Å². The Morgan fingerprint density at radius 3 is 1.78 bits per heavy atom. The molecular formula is C48H34N2O. The zero-order valence-electron chi connectivity index (χ0n) is 28.0. The molecule has 0 bridgehead atoms. The van der Waals surface area contributed by atoms with Gasteiger partial charge in [-0.3, -0.25) is 0 Å². The highest BCUT2D eigenvalue weighted by Gasteiger charge is 2.22. The first kappa shape index (κ1) is 29.3. The van der Waals surface area contributed by atoms with Gasteiger partial charge in [0.2, 0.25) is 0 Å². The summed E-state index contributed by atoms with van der Waals surface area (Å²) < 4.78 is 8.57. The lowest BCUT2D eigenvalue weighted by atomic mass is 9.95. The molecule has 0 radical (unpaired) electrons. The Labute approximate surface area is 296 Å². The predicted octanol–water partition coefficient (Wildman–Crippen LogP) is 12.9. The number of anilines is 2. The highest BCUT2D eigenvalue weighted by molar-refractivity contribution is 6.09. The van der Waals surface area contributed by atoms with E-state index in [1.165, 1.54) is 49.8 Å². The van der Waals surface area contributed by atoms with Crippen LogP contribution in [0.5, 0.6) is 0 Å². The van der Waals surface area contributed by atoms with Gasteiger partial charge in [0.15, 0.2) is 0 Å². The van der Waals surface area contributed by atoms with Crippen LogP contribution in [-0.4, -0.2) is 10.6 Å². The van der Waals surface area contributed by atoms with Crippen molar-refractivity contribution in [3.05, 3.63) is 194 Å². The third-order valence-corrected chi connectivity index (χ3v) is 10.3. The first-order valence-electron chi connectivity index (χ1n) is 17.6. The van der Waals surface area contributed by atoms with Gasteiger partial charge < -0.3 is 13.9 Å². The van der Waals surface area contributed by atoms with Gasteiger partial charge in [0.05, 0.1) is 17.1 Å². The molecule has 3 heteroatoms. The average Bonchev–Trinajstić information content (AvgIpc) is 3.75. The van der Waals surface area contributed by atoms with E-state index in [0.29, 0.717) is 0 Å². The summed E-state index contributed by atoms with van der Waals surface area (Å²) in [6, 6.07) is 60.9. The van der Waals surface area contributed by atoms with E-state index in [0.717, 1.165) is 39.7 Å². The van der Waals surface area contributed by atoms with Crippen LogP contribution in [0, 0.1) is 0 Å². The second-order valence-corrected chi connectivity index (χ2v) is 13.3. The summed E-state index contributed by atoms with van der Waals surface area (Å²) >= 11 is 0. The third-order valence-electron chi connectivity index (χ3n) is 10.3. The maximum absolute atomic E-state index is 6.20. The Morgan fingerprint density at radius 1 is 0.490 bits per heavy atom. The van der Waals surface area contributed by atoms with E-state index in [1.807, 2.05) is 12.1 Å². The SMILES string of the molecule is C1=CC(N(c2ccc(-c3ccccc3)cc2)c2ccc3oc4ccccc4c3c2)CC=C1c1ccc(-n2c3ccccc3c3ccccc32)cc1. The number of rotatable bonds is 6. The van der Waals surface area contributed by atoms with Crippen LogP contribution in [0.15, 0.2) is 193 Å². The van der Waals surface area contributed by atoms with Gasteiger partial charge in [-0.05, 0) is 89.3 Å². The van der Waals surface area contributed by atoms with Crippen molar-refractivity contribution < 1.29 is 4.42 Å². The summed E-state index contributed by atoms with van der Waals surface area (Å²) in [6.45, 7) is 0. The van der Waals surface area contributed by atoms with Gasteiger partial charge in [0.1, 0.15) is 11.2 Å². The molecule has 1 atom stereocenters. The van der Waals surface area contributed by atoms with Crippen molar-refractivity contribution >= 4 is 60.7 Å². The van der Waals surface area contributed by atoms with Gasteiger partial charge >= 0.3 is 0 Å². The Morgan fingerprint density at radius 2 is 1.08 bits per heavy atom. The molecular weight excluding hydrogens is 621 g/mol. The molecule has 0 saturated heterocycles. The topological polar surface area (TPSA) is 21.3 Å². The molecule has 1 aliphatic carbocycles. The van der Waals surface area contributed by atoms with Crippen molar-refractivity contribution in [3.8, 4) is 16.8 Å². The van der Waals surface area contributed by atoms with Gasteiger partial charge in [-0.1, -0.05) is 127 Å². The fraction of sp³-hybridized carbons (Fsp3) is 0.0417. The fourth-order valence-corrected chi connectivity index (χ4v) is 7.86. The standard InChI is InChI=1S/C48H34N2O/c1-2-10-33(11-3-1)34-18-24-37(25-19-34)49(40-30-31-48-44(32-40)43-14-6-9-17-47(43)51-48)38-26-20-35(21-27-38)36-22-28-39(29-23-36)50-45-15-7-4-12-41(45)42-13-5-8-16-46(42)50/h1-26,28-32,38H,27H2. The minimum Gasteiger partial charge on any atom is -0.456 e. The van der Waals surface area contributed by atoms with Crippen molar-refractivity contribution in [2.45, 2.75) is 12.5 Å². The van der Waals surface area contributed by atoms with Crippen LogP contribution in [-0.2, 0) is 0 Å². The first-order valence-corrected chi connectivity index (χ1v) is 17.6. The molecule has 2 aromatic heterocycles. The molecule has 0 saturated carbocycles.